The maximum atomic E-state index is 13.5. The Morgan fingerprint density at radius 1 is 1.29 bits per heavy atom. The van der Waals surface area contributed by atoms with Crippen LogP contribution in [0.25, 0.3) is 0 Å². The van der Waals surface area contributed by atoms with Crippen LogP contribution in [0.2, 0.25) is 0 Å². The lowest BCUT2D eigenvalue weighted by Gasteiger charge is -2.26. The van der Waals surface area contributed by atoms with Gasteiger partial charge in [0.15, 0.2) is 0 Å². The molecular formula is C18H19BrFN. The summed E-state index contributed by atoms with van der Waals surface area (Å²) in [4.78, 5) is 0. The minimum Gasteiger partial charge on any atom is -0.384 e. The normalized spacial score (nSPS) is 17.4. The van der Waals surface area contributed by atoms with Crippen LogP contribution in [-0.4, -0.2) is 6.54 Å². The lowest BCUT2D eigenvalue weighted by molar-refractivity contribution is 0.571. The number of anilines is 1. The molecule has 0 fully saturated rings. The first-order chi connectivity index (χ1) is 10.1. The summed E-state index contributed by atoms with van der Waals surface area (Å²) in [6.45, 7) is 2.84. The van der Waals surface area contributed by atoms with E-state index in [-0.39, 0.29) is 5.82 Å². The predicted octanol–water partition coefficient (Wildman–Crippen LogP) is 5.43. The van der Waals surface area contributed by atoms with Crippen molar-refractivity contribution >= 4 is 21.6 Å². The molecule has 1 aliphatic carbocycles. The maximum Gasteiger partial charge on any atom is 0.137 e. The SMILES string of the molecule is Cc1cc(F)c(Br)cc1NCC1CCCc2ccccc21. The van der Waals surface area contributed by atoms with Gasteiger partial charge in [-0.2, -0.15) is 0 Å². The smallest absolute Gasteiger partial charge is 0.137 e. The van der Waals surface area contributed by atoms with Crippen molar-refractivity contribution in [2.45, 2.75) is 32.1 Å². The van der Waals surface area contributed by atoms with Crippen molar-refractivity contribution in [1.29, 1.82) is 0 Å². The fourth-order valence-corrected chi connectivity index (χ4v) is 3.48. The summed E-state index contributed by atoms with van der Waals surface area (Å²) in [5.74, 6) is 0.333. The molecule has 0 radical (unpaired) electrons. The summed E-state index contributed by atoms with van der Waals surface area (Å²) < 4.78 is 14.0. The van der Waals surface area contributed by atoms with Crippen LogP contribution in [0.4, 0.5) is 10.1 Å². The number of halogens is 2. The summed E-state index contributed by atoms with van der Waals surface area (Å²) in [6, 6.07) is 12.1. The van der Waals surface area contributed by atoms with E-state index in [0.717, 1.165) is 17.8 Å². The maximum absolute atomic E-state index is 13.5. The third-order valence-electron chi connectivity index (χ3n) is 4.30. The molecule has 0 aromatic heterocycles. The zero-order valence-corrected chi connectivity index (χ0v) is 13.7. The first kappa shape index (κ1) is 14.6. The highest BCUT2D eigenvalue weighted by atomic mass is 79.9. The van der Waals surface area contributed by atoms with Gasteiger partial charge in [-0.1, -0.05) is 24.3 Å². The molecule has 1 N–H and O–H groups in total. The molecule has 1 unspecified atom stereocenters. The lowest BCUT2D eigenvalue weighted by atomic mass is 9.83. The Balaban J connectivity index is 1.76. The van der Waals surface area contributed by atoms with Gasteiger partial charge in [-0.3, -0.25) is 0 Å². The highest BCUT2D eigenvalue weighted by molar-refractivity contribution is 9.10. The van der Waals surface area contributed by atoms with Gasteiger partial charge in [0.25, 0.3) is 0 Å². The van der Waals surface area contributed by atoms with Crippen LogP contribution in [0.5, 0.6) is 0 Å². The molecule has 3 rings (SSSR count). The number of nitrogens with one attached hydrogen (secondary N) is 1. The summed E-state index contributed by atoms with van der Waals surface area (Å²) in [5.41, 5.74) is 4.90. The molecular weight excluding hydrogens is 329 g/mol. The Morgan fingerprint density at radius 2 is 2.10 bits per heavy atom. The number of benzene rings is 2. The summed E-state index contributed by atoms with van der Waals surface area (Å²) in [5, 5.41) is 3.49. The molecule has 0 spiro atoms. The van der Waals surface area contributed by atoms with Crippen molar-refractivity contribution < 1.29 is 4.39 Å². The van der Waals surface area contributed by atoms with Crippen LogP contribution < -0.4 is 5.32 Å². The van der Waals surface area contributed by atoms with Gasteiger partial charge in [0.2, 0.25) is 0 Å². The van der Waals surface area contributed by atoms with E-state index in [0.29, 0.717) is 10.4 Å². The van der Waals surface area contributed by atoms with E-state index in [1.165, 1.54) is 30.4 Å². The van der Waals surface area contributed by atoms with Crippen LogP contribution in [-0.2, 0) is 6.42 Å². The summed E-state index contributed by atoms with van der Waals surface area (Å²) in [7, 11) is 0. The van der Waals surface area contributed by atoms with Crippen LogP contribution in [0.1, 0.15) is 35.4 Å². The highest BCUT2D eigenvalue weighted by Gasteiger charge is 2.19. The molecule has 110 valence electrons. The van der Waals surface area contributed by atoms with E-state index in [4.69, 9.17) is 0 Å². The van der Waals surface area contributed by atoms with Gasteiger partial charge in [-0.15, -0.1) is 0 Å². The quantitative estimate of drug-likeness (QED) is 0.780. The highest BCUT2D eigenvalue weighted by Crippen LogP contribution is 2.32. The second-order valence-corrected chi connectivity index (χ2v) is 6.60. The minimum atomic E-state index is -0.207. The van der Waals surface area contributed by atoms with Gasteiger partial charge < -0.3 is 5.32 Å². The van der Waals surface area contributed by atoms with E-state index < -0.39 is 0 Å². The predicted molar refractivity (Wildman–Crippen MR) is 89.4 cm³/mol. The van der Waals surface area contributed by atoms with E-state index in [1.54, 1.807) is 6.07 Å². The Bertz CT molecular complexity index is 654. The second kappa shape index (κ2) is 6.18. The van der Waals surface area contributed by atoms with Crippen LogP contribution in [0.3, 0.4) is 0 Å². The van der Waals surface area contributed by atoms with Crippen LogP contribution in [0, 0.1) is 12.7 Å². The van der Waals surface area contributed by atoms with Crippen molar-refractivity contribution in [2.24, 2.45) is 0 Å². The molecule has 0 bridgehead atoms. The van der Waals surface area contributed by atoms with Crippen molar-refractivity contribution in [3.8, 4) is 0 Å². The molecule has 2 aromatic rings. The van der Waals surface area contributed by atoms with Gasteiger partial charge in [0.05, 0.1) is 4.47 Å². The zero-order valence-electron chi connectivity index (χ0n) is 12.1. The van der Waals surface area contributed by atoms with E-state index in [9.17, 15) is 4.39 Å². The van der Waals surface area contributed by atoms with Gasteiger partial charge in [0, 0.05) is 18.2 Å². The van der Waals surface area contributed by atoms with Crippen molar-refractivity contribution in [1.82, 2.24) is 0 Å². The van der Waals surface area contributed by atoms with Gasteiger partial charge in [0.1, 0.15) is 5.82 Å². The molecule has 3 heteroatoms. The monoisotopic (exact) mass is 347 g/mol. The summed E-state index contributed by atoms with van der Waals surface area (Å²) in [6.07, 6.45) is 3.65. The average Bonchev–Trinajstić information content (AvgIpc) is 2.49. The molecule has 1 aliphatic rings. The third kappa shape index (κ3) is 3.13. The van der Waals surface area contributed by atoms with E-state index in [1.807, 2.05) is 13.0 Å². The molecule has 21 heavy (non-hydrogen) atoms. The van der Waals surface area contributed by atoms with E-state index in [2.05, 4.69) is 45.5 Å². The Morgan fingerprint density at radius 3 is 2.95 bits per heavy atom. The van der Waals surface area contributed by atoms with Crippen molar-refractivity contribution in [3.63, 3.8) is 0 Å². The number of hydrogen-bond donors (Lipinski definition) is 1. The van der Waals surface area contributed by atoms with Gasteiger partial charge in [-0.25, -0.2) is 4.39 Å². The van der Waals surface area contributed by atoms with E-state index >= 15 is 0 Å². The Kier molecular flexibility index (Phi) is 4.29. The van der Waals surface area contributed by atoms with Crippen LogP contribution in [0.15, 0.2) is 40.9 Å². The molecule has 2 aromatic carbocycles. The minimum absolute atomic E-state index is 0.207. The molecule has 1 atom stereocenters. The lowest BCUT2D eigenvalue weighted by Crippen LogP contribution is -2.18. The topological polar surface area (TPSA) is 12.0 Å². The fourth-order valence-electron chi connectivity index (χ4n) is 3.14. The zero-order chi connectivity index (χ0) is 14.8. The second-order valence-electron chi connectivity index (χ2n) is 5.75. The van der Waals surface area contributed by atoms with Crippen LogP contribution >= 0.6 is 15.9 Å². The number of fused-ring (bicyclic) bond motifs is 1. The molecule has 0 saturated carbocycles. The molecule has 0 aliphatic heterocycles. The number of rotatable bonds is 3. The molecule has 0 heterocycles. The van der Waals surface area contributed by atoms with Crippen molar-refractivity contribution in [2.75, 3.05) is 11.9 Å². The standard InChI is InChI=1S/C18H19BrFN/c1-12-9-17(20)16(19)10-18(12)21-11-14-7-4-6-13-5-2-3-8-15(13)14/h2-3,5,8-10,14,21H,4,6-7,11H2,1H3. The van der Waals surface area contributed by atoms with Gasteiger partial charge >= 0.3 is 0 Å². The molecule has 0 amide bonds. The Labute approximate surface area is 133 Å². The van der Waals surface area contributed by atoms with Gasteiger partial charge in [-0.05, 0) is 70.9 Å². The molecule has 1 nitrogen and oxygen atoms in total. The number of aryl methyl sites for hydroxylation is 2. The van der Waals surface area contributed by atoms with Crippen molar-refractivity contribution in [3.05, 3.63) is 63.4 Å². The summed E-state index contributed by atoms with van der Waals surface area (Å²) >= 11 is 3.26. The molecule has 0 saturated heterocycles. The average molecular weight is 348 g/mol. The number of hydrogen-bond acceptors (Lipinski definition) is 1. The fraction of sp³-hybridized carbons (Fsp3) is 0.333. The first-order valence-corrected chi connectivity index (χ1v) is 8.22. The largest absolute Gasteiger partial charge is 0.384 e. The third-order valence-corrected chi connectivity index (χ3v) is 4.91. The Hall–Kier alpha value is -1.35. The first-order valence-electron chi connectivity index (χ1n) is 7.42.